The molecule has 1 aliphatic rings. The lowest BCUT2D eigenvalue weighted by molar-refractivity contribution is 0.266. The first-order chi connectivity index (χ1) is 8.54. The summed E-state index contributed by atoms with van der Waals surface area (Å²) in [5.41, 5.74) is 0.616. The van der Waals surface area contributed by atoms with E-state index in [0.717, 1.165) is 18.9 Å². The van der Waals surface area contributed by atoms with E-state index < -0.39 is 0 Å². The first kappa shape index (κ1) is 13.5. The Bertz CT molecular complexity index is 427. The van der Waals surface area contributed by atoms with Gasteiger partial charge in [0, 0.05) is 19.1 Å². The Morgan fingerprint density at radius 3 is 2.72 bits per heavy atom. The number of aromatic nitrogens is 2. The first-order valence-corrected chi connectivity index (χ1v) is 6.44. The van der Waals surface area contributed by atoms with Crippen molar-refractivity contribution in [2.45, 2.75) is 19.6 Å². The van der Waals surface area contributed by atoms with Crippen molar-refractivity contribution < 1.29 is 5.11 Å². The first-order valence-electron chi connectivity index (χ1n) is 6.06. The maximum Gasteiger partial charge on any atom is 0.140 e. The van der Waals surface area contributed by atoms with E-state index in [1.54, 1.807) is 0 Å². The lowest BCUT2D eigenvalue weighted by Gasteiger charge is -2.23. The van der Waals surface area contributed by atoms with Gasteiger partial charge in [-0.1, -0.05) is 18.5 Å². The molecule has 0 amide bonds. The highest BCUT2D eigenvalue weighted by Gasteiger charge is 2.32. The number of likely N-dealkylation sites (N-methyl/N-ethyl adjacent to an activating group) is 1. The number of aliphatic hydroxyl groups excluding tert-OH is 1. The number of halogens is 1. The number of nitrogens with zero attached hydrogens (tertiary/aromatic N) is 4. The van der Waals surface area contributed by atoms with Crippen LogP contribution in [-0.4, -0.2) is 53.2 Å². The largest absolute Gasteiger partial charge is 0.391 e. The second-order valence-corrected chi connectivity index (χ2v) is 5.40. The minimum atomic E-state index is -0.132. The predicted molar refractivity (Wildman–Crippen MR) is 71.8 cm³/mol. The predicted octanol–water partition coefficient (Wildman–Crippen LogP) is 1.01. The zero-order valence-corrected chi connectivity index (χ0v) is 11.7. The van der Waals surface area contributed by atoms with Crippen LogP contribution < -0.4 is 4.90 Å². The summed E-state index contributed by atoms with van der Waals surface area (Å²) in [7, 11) is 4.18. The third-order valence-corrected chi connectivity index (χ3v) is 3.89. The molecule has 6 heteroatoms. The summed E-state index contributed by atoms with van der Waals surface area (Å²) < 4.78 is 0. The summed E-state index contributed by atoms with van der Waals surface area (Å²) in [5.74, 6) is 1.31. The topological polar surface area (TPSA) is 52.5 Å². The molecule has 1 aliphatic heterocycles. The fourth-order valence-electron chi connectivity index (χ4n) is 2.59. The molecule has 0 bridgehead atoms. The summed E-state index contributed by atoms with van der Waals surface area (Å²) in [6.45, 7) is 3.91. The van der Waals surface area contributed by atoms with Gasteiger partial charge in [0.15, 0.2) is 0 Å². The molecule has 18 heavy (non-hydrogen) atoms. The molecule has 5 nitrogen and oxygen atoms in total. The van der Waals surface area contributed by atoms with E-state index >= 15 is 0 Å². The third-order valence-electron chi connectivity index (χ3n) is 3.56. The van der Waals surface area contributed by atoms with Gasteiger partial charge in [0.25, 0.3) is 0 Å². The number of anilines is 1. The van der Waals surface area contributed by atoms with Crippen LogP contribution in [0.3, 0.4) is 0 Å². The van der Waals surface area contributed by atoms with Crippen molar-refractivity contribution in [1.29, 1.82) is 0 Å². The van der Waals surface area contributed by atoms with Crippen LogP contribution in [0.25, 0.3) is 0 Å². The molecule has 0 radical (unpaired) electrons. The molecule has 1 aromatic heterocycles. The summed E-state index contributed by atoms with van der Waals surface area (Å²) in [6, 6.07) is 0.491. The zero-order chi connectivity index (χ0) is 13.3. The van der Waals surface area contributed by atoms with Gasteiger partial charge in [0.2, 0.25) is 0 Å². The minimum absolute atomic E-state index is 0.132. The van der Waals surface area contributed by atoms with E-state index in [9.17, 15) is 5.11 Å². The molecule has 1 aromatic rings. The molecule has 2 rings (SSSR count). The monoisotopic (exact) mass is 270 g/mol. The number of hydrogen-bond acceptors (Lipinski definition) is 5. The van der Waals surface area contributed by atoms with Crippen molar-refractivity contribution in [3.8, 4) is 0 Å². The van der Waals surface area contributed by atoms with Gasteiger partial charge >= 0.3 is 0 Å². The van der Waals surface area contributed by atoms with Crippen molar-refractivity contribution in [3.05, 3.63) is 17.0 Å². The fourth-order valence-corrected chi connectivity index (χ4v) is 2.77. The van der Waals surface area contributed by atoms with E-state index in [2.05, 4.69) is 40.8 Å². The van der Waals surface area contributed by atoms with Crippen molar-refractivity contribution >= 4 is 17.4 Å². The highest BCUT2D eigenvalue weighted by atomic mass is 35.5. The van der Waals surface area contributed by atoms with Crippen molar-refractivity contribution in [3.63, 3.8) is 0 Å². The molecule has 2 atom stereocenters. The Morgan fingerprint density at radius 2 is 2.17 bits per heavy atom. The van der Waals surface area contributed by atoms with Gasteiger partial charge in [0.1, 0.15) is 17.3 Å². The van der Waals surface area contributed by atoms with Gasteiger partial charge in [-0.25, -0.2) is 9.97 Å². The van der Waals surface area contributed by atoms with Gasteiger partial charge in [-0.15, -0.1) is 0 Å². The zero-order valence-electron chi connectivity index (χ0n) is 11.0. The molecule has 0 spiro atoms. The lowest BCUT2D eigenvalue weighted by atomic mass is 10.1. The molecule has 0 aliphatic carbocycles. The number of aliphatic hydroxyl groups is 1. The normalized spacial score (nSPS) is 24.0. The van der Waals surface area contributed by atoms with Gasteiger partial charge < -0.3 is 14.9 Å². The Labute approximate surface area is 112 Å². The lowest BCUT2D eigenvalue weighted by Crippen LogP contribution is -2.34. The van der Waals surface area contributed by atoms with E-state index in [-0.39, 0.29) is 6.61 Å². The van der Waals surface area contributed by atoms with Crippen LogP contribution in [0.4, 0.5) is 5.82 Å². The van der Waals surface area contributed by atoms with E-state index in [1.165, 1.54) is 6.33 Å². The molecule has 0 saturated carbocycles. The molecule has 1 N–H and O–H groups in total. The molecule has 1 fully saturated rings. The average Bonchev–Trinajstić information content (AvgIpc) is 2.71. The van der Waals surface area contributed by atoms with E-state index in [4.69, 9.17) is 11.6 Å². The summed E-state index contributed by atoms with van der Waals surface area (Å²) in [6.07, 6.45) is 1.45. The van der Waals surface area contributed by atoms with Crippen LogP contribution in [0.2, 0.25) is 5.15 Å². The number of rotatable bonds is 3. The second kappa shape index (κ2) is 5.38. The average molecular weight is 271 g/mol. The summed E-state index contributed by atoms with van der Waals surface area (Å²) in [5, 5.41) is 9.74. The van der Waals surface area contributed by atoms with Crippen LogP contribution in [0.5, 0.6) is 0 Å². The van der Waals surface area contributed by atoms with Gasteiger partial charge in [-0.2, -0.15) is 0 Å². The van der Waals surface area contributed by atoms with E-state index in [0.29, 0.717) is 22.7 Å². The van der Waals surface area contributed by atoms with Crippen LogP contribution in [0.1, 0.15) is 12.5 Å². The molecule has 2 heterocycles. The molecule has 2 unspecified atom stereocenters. The van der Waals surface area contributed by atoms with E-state index in [1.807, 2.05) is 0 Å². The maximum atomic E-state index is 9.40. The molecule has 100 valence electrons. The second-order valence-electron chi connectivity index (χ2n) is 5.04. The summed E-state index contributed by atoms with van der Waals surface area (Å²) >= 11 is 6.00. The molecule has 1 saturated heterocycles. The van der Waals surface area contributed by atoms with Crippen molar-refractivity contribution in [2.24, 2.45) is 5.92 Å². The van der Waals surface area contributed by atoms with Gasteiger partial charge in [-0.05, 0) is 20.0 Å². The van der Waals surface area contributed by atoms with Crippen LogP contribution in [0.15, 0.2) is 6.33 Å². The van der Waals surface area contributed by atoms with Crippen LogP contribution in [0, 0.1) is 5.92 Å². The highest BCUT2D eigenvalue weighted by molar-refractivity contribution is 6.30. The Kier molecular flexibility index (Phi) is 4.04. The maximum absolute atomic E-state index is 9.40. The quantitative estimate of drug-likeness (QED) is 0.831. The molecular weight excluding hydrogens is 252 g/mol. The van der Waals surface area contributed by atoms with Crippen molar-refractivity contribution in [1.82, 2.24) is 14.9 Å². The Hall–Kier alpha value is -0.910. The molecular formula is C12H19ClN4O. The SMILES string of the molecule is CC1CN(c2ncnc(Cl)c2CO)CC1N(C)C. The minimum Gasteiger partial charge on any atom is -0.391 e. The fraction of sp³-hybridized carbons (Fsp3) is 0.667. The standard InChI is InChI=1S/C12H19ClN4O/c1-8-4-17(5-10(8)16(2)3)12-9(6-18)11(13)14-7-15-12/h7-8,10,18H,4-6H2,1-3H3. The van der Waals surface area contributed by atoms with Gasteiger partial charge in [-0.3, -0.25) is 0 Å². The van der Waals surface area contributed by atoms with Crippen LogP contribution >= 0.6 is 11.6 Å². The van der Waals surface area contributed by atoms with Crippen LogP contribution in [-0.2, 0) is 6.61 Å². The Balaban J connectivity index is 2.26. The molecule has 0 aromatic carbocycles. The smallest absolute Gasteiger partial charge is 0.140 e. The third kappa shape index (κ3) is 2.43. The van der Waals surface area contributed by atoms with Crippen molar-refractivity contribution in [2.75, 3.05) is 32.1 Å². The number of hydrogen-bond donors (Lipinski definition) is 1. The highest BCUT2D eigenvalue weighted by Crippen LogP contribution is 2.29. The Morgan fingerprint density at radius 1 is 1.44 bits per heavy atom. The summed E-state index contributed by atoms with van der Waals surface area (Å²) in [4.78, 5) is 12.6. The van der Waals surface area contributed by atoms with Gasteiger partial charge in [0.05, 0.1) is 12.2 Å².